The van der Waals surface area contributed by atoms with Crippen molar-refractivity contribution in [1.82, 2.24) is 20.0 Å². The van der Waals surface area contributed by atoms with Crippen LogP contribution in [0.3, 0.4) is 0 Å². The van der Waals surface area contributed by atoms with Gasteiger partial charge in [-0.15, -0.1) is 0 Å². The second-order valence-electron chi connectivity index (χ2n) is 5.61. The normalized spacial score (nSPS) is 17.8. The average molecular weight is 287 g/mol. The first-order chi connectivity index (χ1) is 10.2. The van der Waals surface area contributed by atoms with Gasteiger partial charge in [-0.25, -0.2) is 0 Å². The van der Waals surface area contributed by atoms with Crippen molar-refractivity contribution in [2.24, 2.45) is 5.73 Å². The molecule has 0 bridgehead atoms. The van der Waals surface area contributed by atoms with Gasteiger partial charge < -0.3 is 15.2 Å². The third kappa shape index (κ3) is 3.46. The molecule has 0 spiro atoms. The summed E-state index contributed by atoms with van der Waals surface area (Å²) in [5.41, 5.74) is 8.01. The lowest BCUT2D eigenvalue weighted by Crippen LogP contribution is -2.36. The summed E-state index contributed by atoms with van der Waals surface area (Å²) in [5, 5.41) is 4.03. The average Bonchev–Trinajstić information content (AvgIpc) is 2.98. The van der Waals surface area contributed by atoms with E-state index in [1.807, 2.05) is 19.1 Å². The van der Waals surface area contributed by atoms with E-state index in [4.69, 9.17) is 10.3 Å². The molecular weight excluding hydrogens is 266 g/mol. The van der Waals surface area contributed by atoms with Crippen molar-refractivity contribution in [1.29, 1.82) is 0 Å². The van der Waals surface area contributed by atoms with Crippen LogP contribution in [-0.2, 0) is 0 Å². The molecule has 1 saturated heterocycles. The Balaban J connectivity index is 1.69. The lowest BCUT2D eigenvalue weighted by Gasteiger charge is -2.27. The summed E-state index contributed by atoms with van der Waals surface area (Å²) in [6.45, 7) is 4.95. The van der Waals surface area contributed by atoms with E-state index in [0.29, 0.717) is 11.7 Å². The highest BCUT2D eigenvalue weighted by molar-refractivity contribution is 5.52. The zero-order chi connectivity index (χ0) is 14.7. The summed E-state index contributed by atoms with van der Waals surface area (Å²) in [6, 6.07) is 3.58. The van der Waals surface area contributed by atoms with Gasteiger partial charge >= 0.3 is 0 Å². The van der Waals surface area contributed by atoms with E-state index in [-0.39, 0.29) is 6.04 Å². The van der Waals surface area contributed by atoms with Crippen molar-refractivity contribution in [3.05, 3.63) is 29.8 Å². The van der Waals surface area contributed by atoms with Gasteiger partial charge in [0, 0.05) is 24.0 Å². The van der Waals surface area contributed by atoms with Crippen molar-refractivity contribution < 1.29 is 4.52 Å². The molecule has 1 fully saturated rings. The lowest BCUT2D eigenvalue weighted by molar-refractivity contribution is 0.213. The highest BCUT2D eigenvalue weighted by Gasteiger charge is 2.19. The van der Waals surface area contributed by atoms with Crippen molar-refractivity contribution in [2.75, 3.05) is 19.6 Å². The van der Waals surface area contributed by atoms with Gasteiger partial charge in [0.1, 0.15) is 0 Å². The monoisotopic (exact) mass is 287 g/mol. The molecule has 0 radical (unpaired) electrons. The standard InChI is InChI=1S/C15H21N5O/c1-11-9-12(5-6-17-11)15-18-14(19-21-15)13(16)10-20-7-3-2-4-8-20/h5-6,9,13H,2-4,7-8,10,16H2,1H3. The van der Waals surface area contributed by atoms with Crippen LogP contribution in [0.5, 0.6) is 0 Å². The molecule has 6 nitrogen and oxygen atoms in total. The van der Waals surface area contributed by atoms with E-state index < -0.39 is 0 Å². The van der Waals surface area contributed by atoms with Gasteiger partial charge in [0.25, 0.3) is 5.89 Å². The molecular formula is C15H21N5O. The first-order valence-electron chi connectivity index (χ1n) is 7.47. The first kappa shape index (κ1) is 14.2. The minimum Gasteiger partial charge on any atom is -0.334 e. The Morgan fingerprint density at radius 3 is 2.90 bits per heavy atom. The third-order valence-corrected chi connectivity index (χ3v) is 3.82. The van der Waals surface area contributed by atoms with Crippen LogP contribution in [-0.4, -0.2) is 39.7 Å². The highest BCUT2D eigenvalue weighted by atomic mass is 16.5. The number of hydrogen-bond acceptors (Lipinski definition) is 6. The Bertz CT molecular complexity index is 591. The summed E-state index contributed by atoms with van der Waals surface area (Å²) >= 11 is 0. The Morgan fingerprint density at radius 1 is 1.33 bits per heavy atom. The molecule has 112 valence electrons. The topological polar surface area (TPSA) is 81.1 Å². The summed E-state index contributed by atoms with van der Waals surface area (Å²) in [5.74, 6) is 1.08. The van der Waals surface area contributed by atoms with Gasteiger partial charge in [0.15, 0.2) is 5.82 Å². The summed E-state index contributed by atoms with van der Waals surface area (Å²) in [6.07, 6.45) is 5.56. The van der Waals surface area contributed by atoms with Crippen LogP contribution in [0.2, 0.25) is 0 Å². The molecule has 21 heavy (non-hydrogen) atoms. The maximum atomic E-state index is 6.21. The van der Waals surface area contributed by atoms with Crippen molar-refractivity contribution in [3.8, 4) is 11.5 Å². The fourth-order valence-electron chi connectivity index (χ4n) is 2.68. The second-order valence-corrected chi connectivity index (χ2v) is 5.61. The smallest absolute Gasteiger partial charge is 0.258 e. The Labute approximate surface area is 124 Å². The van der Waals surface area contributed by atoms with Gasteiger partial charge in [-0.05, 0) is 45.0 Å². The van der Waals surface area contributed by atoms with E-state index in [1.54, 1.807) is 6.20 Å². The molecule has 6 heteroatoms. The zero-order valence-corrected chi connectivity index (χ0v) is 12.3. The number of hydrogen-bond donors (Lipinski definition) is 1. The van der Waals surface area contributed by atoms with Gasteiger partial charge in [-0.1, -0.05) is 11.6 Å². The molecule has 0 saturated carbocycles. The predicted molar refractivity (Wildman–Crippen MR) is 79.5 cm³/mol. The lowest BCUT2D eigenvalue weighted by atomic mass is 10.1. The third-order valence-electron chi connectivity index (χ3n) is 3.82. The van der Waals surface area contributed by atoms with Gasteiger partial charge in [-0.3, -0.25) is 4.98 Å². The molecule has 3 heterocycles. The van der Waals surface area contributed by atoms with Crippen LogP contribution in [0.15, 0.2) is 22.9 Å². The largest absolute Gasteiger partial charge is 0.334 e. The van der Waals surface area contributed by atoms with Gasteiger partial charge in [-0.2, -0.15) is 4.98 Å². The maximum absolute atomic E-state index is 6.21. The number of rotatable bonds is 4. The van der Waals surface area contributed by atoms with E-state index in [0.717, 1.165) is 30.9 Å². The van der Waals surface area contributed by atoms with Gasteiger partial charge in [0.05, 0.1) is 6.04 Å². The minimum absolute atomic E-state index is 0.205. The Hall–Kier alpha value is -1.79. The SMILES string of the molecule is Cc1cc(-c2nc(C(N)CN3CCCCC3)no2)ccn1. The summed E-state index contributed by atoms with van der Waals surface area (Å²) in [7, 11) is 0. The molecule has 1 aliphatic rings. The minimum atomic E-state index is -0.205. The number of aryl methyl sites for hydroxylation is 1. The maximum Gasteiger partial charge on any atom is 0.258 e. The first-order valence-corrected chi connectivity index (χ1v) is 7.47. The zero-order valence-electron chi connectivity index (χ0n) is 12.3. The summed E-state index contributed by atoms with van der Waals surface area (Å²) in [4.78, 5) is 11.0. The molecule has 2 N–H and O–H groups in total. The molecule has 2 aromatic rings. The Morgan fingerprint density at radius 2 is 2.14 bits per heavy atom. The van der Waals surface area contributed by atoms with E-state index in [2.05, 4.69) is 20.0 Å². The van der Waals surface area contributed by atoms with Crippen LogP contribution < -0.4 is 5.73 Å². The summed E-state index contributed by atoms with van der Waals surface area (Å²) < 4.78 is 5.33. The van der Waals surface area contributed by atoms with Crippen LogP contribution in [0.4, 0.5) is 0 Å². The van der Waals surface area contributed by atoms with Crippen LogP contribution in [0.25, 0.3) is 11.5 Å². The van der Waals surface area contributed by atoms with Crippen LogP contribution in [0.1, 0.15) is 36.8 Å². The number of nitrogens with zero attached hydrogens (tertiary/aromatic N) is 4. The molecule has 0 amide bonds. The van der Waals surface area contributed by atoms with Gasteiger partial charge in [0.2, 0.25) is 0 Å². The number of nitrogens with two attached hydrogens (primary N) is 1. The number of pyridine rings is 1. The fourth-order valence-corrected chi connectivity index (χ4v) is 2.68. The van der Waals surface area contributed by atoms with Crippen molar-refractivity contribution in [2.45, 2.75) is 32.2 Å². The molecule has 2 aromatic heterocycles. The van der Waals surface area contributed by atoms with E-state index in [9.17, 15) is 0 Å². The van der Waals surface area contributed by atoms with E-state index in [1.165, 1.54) is 19.3 Å². The molecule has 1 atom stereocenters. The van der Waals surface area contributed by atoms with Crippen LogP contribution >= 0.6 is 0 Å². The van der Waals surface area contributed by atoms with Crippen molar-refractivity contribution >= 4 is 0 Å². The van der Waals surface area contributed by atoms with Crippen LogP contribution in [0, 0.1) is 6.92 Å². The number of piperidine rings is 1. The predicted octanol–water partition coefficient (Wildman–Crippen LogP) is 1.93. The van der Waals surface area contributed by atoms with E-state index >= 15 is 0 Å². The quantitative estimate of drug-likeness (QED) is 0.925. The molecule has 1 unspecified atom stereocenters. The fraction of sp³-hybridized carbons (Fsp3) is 0.533. The van der Waals surface area contributed by atoms with Crippen molar-refractivity contribution in [3.63, 3.8) is 0 Å². The molecule has 1 aliphatic heterocycles. The highest BCUT2D eigenvalue weighted by Crippen LogP contribution is 2.20. The molecule has 3 rings (SSSR count). The number of likely N-dealkylation sites (tertiary alicyclic amines) is 1. The molecule has 0 aromatic carbocycles. The second kappa shape index (κ2) is 6.32. The molecule has 0 aliphatic carbocycles. The Kier molecular flexibility index (Phi) is 4.26. The number of aromatic nitrogens is 3.